The molecule has 1 aromatic carbocycles. The third-order valence-electron chi connectivity index (χ3n) is 2.91. The maximum Gasteiger partial charge on any atom is 0.319 e. The summed E-state index contributed by atoms with van der Waals surface area (Å²) in [5.41, 5.74) is 0.778. The van der Waals surface area contributed by atoms with Crippen molar-refractivity contribution in [3.05, 3.63) is 47.4 Å². The van der Waals surface area contributed by atoms with Crippen LogP contribution in [0.15, 0.2) is 41.0 Å². The largest absolute Gasteiger partial charge is 0.459 e. The van der Waals surface area contributed by atoms with Crippen molar-refractivity contribution in [2.45, 2.75) is 0 Å². The topological polar surface area (TPSA) is 112 Å². The third-order valence-corrected chi connectivity index (χ3v) is 3.22. The number of carbonyl (C=O) groups excluding carboxylic acids is 3. The van der Waals surface area contributed by atoms with Gasteiger partial charge in [0.25, 0.3) is 5.91 Å². The summed E-state index contributed by atoms with van der Waals surface area (Å²) in [6.07, 6.45) is 1.39. The molecule has 126 valence electrons. The lowest BCUT2D eigenvalue weighted by Gasteiger charge is -2.10. The highest BCUT2D eigenvalue weighted by atomic mass is 35.5. The fourth-order valence-corrected chi connectivity index (χ4v) is 1.94. The summed E-state index contributed by atoms with van der Waals surface area (Å²) in [5.74, 6) is -0.605. The number of furan rings is 1. The Kier molecular flexibility index (Phi) is 5.80. The van der Waals surface area contributed by atoms with Crippen molar-refractivity contribution in [3.63, 3.8) is 0 Å². The lowest BCUT2D eigenvalue weighted by molar-refractivity contribution is -0.119. The van der Waals surface area contributed by atoms with E-state index in [2.05, 4.69) is 21.3 Å². The van der Waals surface area contributed by atoms with E-state index < -0.39 is 11.9 Å². The molecule has 2 aromatic rings. The van der Waals surface area contributed by atoms with E-state index in [1.54, 1.807) is 12.1 Å². The molecule has 1 aromatic heterocycles. The van der Waals surface area contributed by atoms with Gasteiger partial charge in [-0.2, -0.15) is 0 Å². The Morgan fingerprint density at radius 2 is 1.96 bits per heavy atom. The van der Waals surface area contributed by atoms with Gasteiger partial charge in [0, 0.05) is 12.7 Å². The summed E-state index contributed by atoms with van der Waals surface area (Å²) in [7, 11) is 1.47. The predicted octanol–water partition coefficient (Wildman–Crippen LogP) is 2.05. The zero-order valence-corrected chi connectivity index (χ0v) is 13.4. The Hall–Kier alpha value is -3.00. The van der Waals surface area contributed by atoms with Gasteiger partial charge in [0.15, 0.2) is 5.76 Å². The number of anilines is 2. The van der Waals surface area contributed by atoms with Gasteiger partial charge in [-0.05, 0) is 30.3 Å². The van der Waals surface area contributed by atoms with Gasteiger partial charge >= 0.3 is 6.03 Å². The van der Waals surface area contributed by atoms with Gasteiger partial charge in [0.2, 0.25) is 5.91 Å². The van der Waals surface area contributed by atoms with Gasteiger partial charge in [-0.25, -0.2) is 4.79 Å². The summed E-state index contributed by atoms with van der Waals surface area (Å²) < 4.78 is 4.99. The first-order valence-corrected chi connectivity index (χ1v) is 7.27. The first-order chi connectivity index (χ1) is 11.5. The van der Waals surface area contributed by atoms with E-state index in [9.17, 15) is 14.4 Å². The molecule has 0 bridgehead atoms. The highest BCUT2D eigenvalue weighted by Gasteiger charge is 2.12. The number of amides is 4. The maximum atomic E-state index is 11.9. The molecule has 24 heavy (non-hydrogen) atoms. The van der Waals surface area contributed by atoms with Crippen LogP contribution < -0.4 is 21.3 Å². The number of likely N-dealkylation sites (N-methyl/N-ethyl adjacent to an activating group) is 1. The van der Waals surface area contributed by atoms with Crippen LogP contribution in [0.2, 0.25) is 5.02 Å². The second-order valence-electron chi connectivity index (χ2n) is 4.61. The predicted molar refractivity (Wildman–Crippen MR) is 89.2 cm³/mol. The average molecular weight is 351 g/mol. The van der Waals surface area contributed by atoms with E-state index in [0.717, 1.165) is 0 Å². The van der Waals surface area contributed by atoms with Crippen LogP contribution in [0.4, 0.5) is 16.2 Å². The normalized spacial score (nSPS) is 9.92. The number of halogens is 1. The molecule has 4 N–H and O–H groups in total. The Labute approximate surface area is 142 Å². The third kappa shape index (κ3) is 4.75. The minimum Gasteiger partial charge on any atom is -0.459 e. The number of hydrogen-bond donors (Lipinski definition) is 4. The minimum atomic E-state index is -0.554. The molecule has 0 radical (unpaired) electrons. The van der Waals surface area contributed by atoms with Crippen LogP contribution in [-0.4, -0.2) is 31.4 Å². The van der Waals surface area contributed by atoms with E-state index in [0.29, 0.717) is 11.4 Å². The lowest BCUT2D eigenvalue weighted by Crippen LogP contribution is -2.37. The molecule has 0 aliphatic carbocycles. The van der Waals surface area contributed by atoms with Crippen LogP contribution in [0, 0.1) is 0 Å². The number of hydrogen-bond acceptors (Lipinski definition) is 4. The van der Waals surface area contributed by atoms with E-state index in [1.165, 1.54) is 31.5 Å². The minimum absolute atomic E-state index is 0.145. The number of carbonyl (C=O) groups is 3. The first-order valence-electron chi connectivity index (χ1n) is 6.89. The highest BCUT2D eigenvalue weighted by Crippen LogP contribution is 2.26. The highest BCUT2D eigenvalue weighted by molar-refractivity contribution is 6.34. The molecule has 4 amide bonds. The smallest absolute Gasteiger partial charge is 0.319 e. The molecule has 0 fully saturated rings. The fraction of sp³-hybridized carbons (Fsp3) is 0.133. The molecule has 0 aliphatic heterocycles. The molecule has 0 aliphatic rings. The molecule has 0 saturated heterocycles. The Balaban J connectivity index is 1.95. The quantitative estimate of drug-likeness (QED) is 0.661. The van der Waals surface area contributed by atoms with Gasteiger partial charge in [-0.1, -0.05) is 11.6 Å². The Morgan fingerprint density at radius 3 is 2.58 bits per heavy atom. The first kappa shape index (κ1) is 17.4. The molecule has 2 rings (SSSR count). The number of benzene rings is 1. The van der Waals surface area contributed by atoms with Crippen LogP contribution in [-0.2, 0) is 4.79 Å². The molecule has 0 spiro atoms. The SMILES string of the molecule is CNC(=O)CNC(=O)Nc1ccc(NC(=O)c2ccco2)c(Cl)c1. The summed E-state index contributed by atoms with van der Waals surface area (Å²) in [6.45, 7) is -0.145. The van der Waals surface area contributed by atoms with Crippen LogP contribution in [0.25, 0.3) is 0 Å². The van der Waals surface area contributed by atoms with Crippen molar-refractivity contribution in [2.24, 2.45) is 0 Å². The van der Waals surface area contributed by atoms with Crippen molar-refractivity contribution < 1.29 is 18.8 Å². The van der Waals surface area contributed by atoms with E-state index in [-0.39, 0.29) is 23.2 Å². The zero-order valence-electron chi connectivity index (χ0n) is 12.7. The number of urea groups is 1. The summed E-state index contributed by atoms with van der Waals surface area (Å²) >= 11 is 6.09. The van der Waals surface area contributed by atoms with E-state index >= 15 is 0 Å². The summed E-state index contributed by atoms with van der Waals surface area (Å²) in [6, 6.07) is 7.14. The van der Waals surface area contributed by atoms with Crippen molar-refractivity contribution in [1.82, 2.24) is 10.6 Å². The molecular weight excluding hydrogens is 336 g/mol. The van der Waals surface area contributed by atoms with Gasteiger partial charge in [-0.15, -0.1) is 0 Å². The second kappa shape index (κ2) is 8.02. The molecule has 9 heteroatoms. The van der Waals surface area contributed by atoms with Gasteiger partial charge in [0.05, 0.1) is 23.5 Å². The number of rotatable bonds is 5. The molecule has 0 atom stereocenters. The van der Waals surface area contributed by atoms with Crippen LogP contribution in [0.3, 0.4) is 0 Å². The average Bonchev–Trinajstić information content (AvgIpc) is 3.09. The summed E-state index contributed by atoms with van der Waals surface area (Å²) in [4.78, 5) is 34.6. The maximum absolute atomic E-state index is 11.9. The standard InChI is InChI=1S/C15H15ClN4O4/c1-17-13(21)8-18-15(23)19-9-4-5-11(10(16)7-9)20-14(22)12-3-2-6-24-12/h2-7H,8H2,1H3,(H,17,21)(H,20,22)(H2,18,19,23). The number of nitrogens with one attached hydrogen (secondary N) is 4. The monoisotopic (exact) mass is 350 g/mol. The van der Waals surface area contributed by atoms with Crippen molar-refractivity contribution >= 4 is 40.8 Å². The van der Waals surface area contributed by atoms with E-state index in [1.807, 2.05) is 0 Å². The van der Waals surface area contributed by atoms with Crippen molar-refractivity contribution in [3.8, 4) is 0 Å². The molecular formula is C15H15ClN4O4. The van der Waals surface area contributed by atoms with Gasteiger partial charge in [-0.3, -0.25) is 9.59 Å². The molecule has 0 unspecified atom stereocenters. The molecule has 0 saturated carbocycles. The Bertz CT molecular complexity index is 746. The fourth-order valence-electron chi connectivity index (χ4n) is 1.71. The van der Waals surface area contributed by atoms with Crippen LogP contribution in [0.5, 0.6) is 0 Å². The van der Waals surface area contributed by atoms with Gasteiger partial charge in [0.1, 0.15) is 0 Å². The zero-order chi connectivity index (χ0) is 17.5. The van der Waals surface area contributed by atoms with Crippen molar-refractivity contribution in [1.29, 1.82) is 0 Å². The van der Waals surface area contributed by atoms with Gasteiger partial charge < -0.3 is 25.7 Å². The lowest BCUT2D eigenvalue weighted by atomic mass is 10.2. The molecule has 1 heterocycles. The second-order valence-corrected chi connectivity index (χ2v) is 5.01. The summed E-state index contributed by atoms with van der Waals surface area (Å²) in [5, 5.41) is 10.1. The Morgan fingerprint density at radius 1 is 1.17 bits per heavy atom. The van der Waals surface area contributed by atoms with Crippen LogP contribution >= 0.6 is 11.6 Å². The van der Waals surface area contributed by atoms with Crippen LogP contribution in [0.1, 0.15) is 10.6 Å². The molecule has 8 nitrogen and oxygen atoms in total. The van der Waals surface area contributed by atoms with Crippen molar-refractivity contribution in [2.75, 3.05) is 24.2 Å². The van der Waals surface area contributed by atoms with E-state index in [4.69, 9.17) is 16.0 Å².